The number of pyridine rings is 1. The molecular weight excluding hydrogens is 485 g/mol. The Bertz CT molecular complexity index is 1300. The number of alkyl halides is 2. The van der Waals surface area contributed by atoms with Crippen molar-refractivity contribution in [3.63, 3.8) is 0 Å². The Morgan fingerprint density at radius 1 is 1.16 bits per heavy atom. The fourth-order valence-corrected chi connectivity index (χ4v) is 4.89. The molecule has 2 aliphatic rings. The summed E-state index contributed by atoms with van der Waals surface area (Å²) in [7, 11) is 0. The highest BCUT2D eigenvalue weighted by molar-refractivity contribution is 5.94. The SMILES string of the molecule is Cc1nnc(NCc2cccc(C(F)(F)C(C)(C)O)c2F)c2cc(N3CCN4CCOCC4C3)ncc12. The van der Waals surface area contributed by atoms with Crippen molar-refractivity contribution in [2.45, 2.75) is 44.9 Å². The van der Waals surface area contributed by atoms with E-state index < -0.39 is 22.9 Å². The lowest BCUT2D eigenvalue weighted by molar-refractivity contribution is -0.170. The van der Waals surface area contributed by atoms with Crippen molar-refractivity contribution in [2.24, 2.45) is 0 Å². The van der Waals surface area contributed by atoms with Crippen molar-refractivity contribution in [2.75, 3.05) is 49.6 Å². The van der Waals surface area contributed by atoms with Crippen molar-refractivity contribution >= 4 is 22.4 Å². The van der Waals surface area contributed by atoms with Crippen molar-refractivity contribution in [3.8, 4) is 0 Å². The van der Waals surface area contributed by atoms with E-state index in [1.54, 1.807) is 6.20 Å². The second-order valence-electron chi connectivity index (χ2n) is 10.2. The molecule has 4 heterocycles. The number of rotatable bonds is 6. The third-order valence-electron chi connectivity index (χ3n) is 7.23. The molecule has 2 aliphatic heterocycles. The van der Waals surface area contributed by atoms with E-state index in [1.807, 2.05) is 13.0 Å². The minimum absolute atomic E-state index is 0.0275. The van der Waals surface area contributed by atoms with E-state index in [2.05, 4.69) is 30.3 Å². The van der Waals surface area contributed by atoms with Crippen molar-refractivity contribution in [1.29, 1.82) is 0 Å². The minimum atomic E-state index is -3.77. The summed E-state index contributed by atoms with van der Waals surface area (Å²) in [4.78, 5) is 9.33. The van der Waals surface area contributed by atoms with Crippen molar-refractivity contribution < 1.29 is 23.0 Å². The maximum atomic E-state index is 15.1. The molecule has 0 bridgehead atoms. The lowest BCUT2D eigenvalue weighted by atomic mass is 9.92. The normalized spacial score (nSPS) is 19.2. The number of nitrogens with zero attached hydrogens (tertiary/aromatic N) is 5. The summed E-state index contributed by atoms with van der Waals surface area (Å²) in [6.45, 7) is 8.61. The highest BCUT2D eigenvalue weighted by Gasteiger charge is 2.49. The van der Waals surface area contributed by atoms with Gasteiger partial charge in [-0.1, -0.05) is 12.1 Å². The number of ether oxygens (including phenoxy) is 1. The molecule has 1 unspecified atom stereocenters. The fourth-order valence-electron chi connectivity index (χ4n) is 4.89. The van der Waals surface area contributed by atoms with E-state index >= 15 is 4.39 Å². The van der Waals surface area contributed by atoms with Gasteiger partial charge in [0.1, 0.15) is 17.2 Å². The number of aliphatic hydroxyl groups is 1. The molecule has 0 spiro atoms. The van der Waals surface area contributed by atoms with Crippen LogP contribution in [-0.4, -0.2) is 76.2 Å². The average molecular weight is 517 g/mol. The van der Waals surface area contributed by atoms with Crippen LogP contribution in [0.15, 0.2) is 30.5 Å². The lowest BCUT2D eigenvalue weighted by Gasteiger charge is -2.44. The van der Waals surface area contributed by atoms with Gasteiger partial charge in [-0.25, -0.2) is 9.37 Å². The van der Waals surface area contributed by atoms with Crippen molar-refractivity contribution in [1.82, 2.24) is 20.1 Å². The number of aromatic nitrogens is 3. The molecule has 1 atom stereocenters. The van der Waals surface area contributed by atoms with Crippen LogP contribution in [0.2, 0.25) is 0 Å². The average Bonchev–Trinajstić information content (AvgIpc) is 2.88. The Kier molecular flexibility index (Phi) is 6.71. The van der Waals surface area contributed by atoms with Crippen LogP contribution >= 0.6 is 0 Å². The Morgan fingerprint density at radius 3 is 2.76 bits per heavy atom. The largest absolute Gasteiger partial charge is 0.384 e. The van der Waals surface area contributed by atoms with Gasteiger partial charge in [0.2, 0.25) is 0 Å². The Morgan fingerprint density at radius 2 is 1.97 bits per heavy atom. The molecule has 2 saturated heterocycles. The number of anilines is 2. The third kappa shape index (κ3) is 4.83. The molecular formula is C26H31F3N6O2. The number of benzene rings is 1. The molecule has 2 N–H and O–H groups in total. The van der Waals surface area contributed by atoms with Crippen LogP contribution < -0.4 is 10.2 Å². The van der Waals surface area contributed by atoms with Gasteiger partial charge in [-0.3, -0.25) is 4.90 Å². The van der Waals surface area contributed by atoms with Crippen LogP contribution in [0.5, 0.6) is 0 Å². The zero-order valence-corrected chi connectivity index (χ0v) is 21.1. The molecule has 11 heteroatoms. The predicted molar refractivity (Wildman–Crippen MR) is 134 cm³/mol. The summed E-state index contributed by atoms with van der Waals surface area (Å²) in [5.41, 5.74) is -2.55. The van der Waals surface area contributed by atoms with Crippen LogP contribution in [0.25, 0.3) is 10.8 Å². The number of piperazine rings is 1. The van der Waals surface area contributed by atoms with Crippen molar-refractivity contribution in [3.05, 3.63) is 53.1 Å². The number of halogens is 3. The first kappa shape index (κ1) is 25.6. The monoisotopic (exact) mass is 516 g/mol. The molecule has 0 aliphatic carbocycles. The molecule has 0 radical (unpaired) electrons. The second kappa shape index (κ2) is 9.70. The molecule has 0 amide bonds. The molecule has 5 rings (SSSR count). The van der Waals surface area contributed by atoms with Gasteiger partial charge in [0.25, 0.3) is 0 Å². The van der Waals surface area contributed by atoms with Crippen LogP contribution in [0.4, 0.5) is 24.8 Å². The topological polar surface area (TPSA) is 86.6 Å². The summed E-state index contributed by atoms with van der Waals surface area (Å²) in [6, 6.07) is 6.02. The maximum Gasteiger partial charge on any atom is 0.303 e. The second-order valence-corrected chi connectivity index (χ2v) is 10.2. The van der Waals surface area contributed by atoms with E-state index in [-0.39, 0.29) is 12.1 Å². The predicted octanol–water partition coefficient (Wildman–Crippen LogP) is 3.47. The quantitative estimate of drug-likeness (QED) is 0.515. The van der Waals surface area contributed by atoms with Gasteiger partial charge < -0.3 is 20.1 Å². The molecule has 198 valence electrons. The molecule has 0 saturated carbocycles. The Hall–Kier alpha value is -3.02. The maximum absolute atomic E-state index is 15.1. The molecule has 3 aromatic rings. The molecule has 8 nitrogen and oxygen atoms in total. The van der Waals surface area contributed by atoms with Gasteiger partial charge in [-0.2, -0.15) is 13.9 Å². The van der Waals surface area contributed by atoms with E-state index in [9.17, 15) is 13.9 Å². The summed E-state index contributed by atoms with van der Waals surface area (Å²) in [5.74, 6) is -3.63. The van der Waals surface area contributed by atoms with Gasteiger partial charge in [-0.05, 0) is 32.9 Å². The number of fused-ring (bicyclic) bond motifs is 2. The molecule has 37 heavy (non-hydrogen) atoms. The van der Waals surface area contributed by atoms with E-state index in [0.717, 1.165) is 69.3 Å². The summed E-state index contributed by atoms with van der Waals surface area (Å²) < 4.78 is 50.2. The van der Waals surface area contributed by atoms with E-state index in [0.29, 0.717) is 24.2 Å². The number of hydrogen-bond acceptors (Lipinski definition) is 8. The number of aryl methyl sites for hydroxylation is 1. The van der Waals surface area contributed by atoms with Crippen LogP contribution in [0.1, 0.15) is 30.7 Å². The Labute approximate surface area is 213 Å². The highest BCUT2D eigenvalue weighted by Crippen LogP contribution is 2.40. The number of hydrogen-bond donors (Lipinski definition) is 2. The Balaban J connectivity index is 1.41. The highest BCUT2D eigenvalue weighted by atomic mass is 19.3. The molecule has 2 aromatic heterocycles. The van der Waals surface area contributed by atoms with Crippen LogP contribution in [0.3, 0.4) is 0 Å². The van der Waals surface area contributed by atoms with E-state index in [4.69, 9.17) is 4.74 Å². The number of morpholine rings is 1. The summed E-state index contributed by atoms with van der Waals surface area (Å²) >= 11 is 0. The first-order valence-electron chi connectivity index (χ1n) is 12.4. The third-order valence-corrected chi connectivity index (χ3v) is 7.23. The van der Waals surface area contributed by atoms with E-state index in [1.165, 1.54) is 12.1 Å². The van der Waals surface area contributed by atoms with Crippen LogP contribution in [0, 0.1) is 12.7 Å². The van der Waals surface area contributed by atoms with Gasteiger partial charge in [0, 0.05) is 55.3 Å². The first-order valence-corrected chi connectivity index (χ1v) is 12.4. The summed E-state index contributed by atoms with van der Waals surface area (Å²) in [6.07, 6.45) is 1.76. The zero-order valence-electron chi connectivity index (χ0n) is 21.1. The summed E-state index contributed by atoms with van der Waals surface area (Å²) in [5, 5.41) is 23.0. The van der Waals surface area contributed by atoms with Gasteiger partial charge in [-0.15, -0.1) is 5.10 Å². The number of nitrogens with one attached hydrogen (secondary N) is 1. The fraction of sp³-hybridized carbons (Fsp3) is 0.500. The smallest absolute Gasteiger partial charge is 0.303 e. The minimum Gasteiger partial charge on any atom is -0.384 e. The van der Waals surface area contributed by atoms with Gasteiger partial charge in [0.05, 0.1) is 30.5 Å². The van der Waals surface area contributed by atoms with Crippen LogP contribution in [-0.2, 0) is 17.2 Å². The standard InChI is InChI=1S/C26H31F3N6O2/c1-16-20-13-30-22(35-8-7-34-9-10-37-15-18(34)14-35)11-19(20)24(33-32-16)31-12-17-5-4-6-21(23(17)27)26(28,29)25(2,3)36/h4-6,11,13,18,36H,7-10,12,14-15H2,1-3H3,(H,31,33). The molecule has 1 aromatic carbocycles. The van der Waals surface area contributed by atoms with Gasteiger partial charge in [0.15, 0.2) is 5.82 Å². The zero-order chi connectivity index (χ0) is 26.4. The molecule has 2 fully saturated rings. The lowest BCUT2D eigenvalue weighted by Crippen LogP contribution is -2.58. The van der Waals surface area contributed by atoms with Gasteiger partial charge >= 0.3 is 5.92 Å². The first-order chi connectivity index (χ1) is 17.6.